The molecule has 18 heavy (non-hydrogen) atoms. The molecular formula is C12H11F2NO3. The van der Waals surface area contributed by atoms with Crippen LogP contribution in [-0.4, -0.2) is 18.3 Å². The minimum Gasteiger partial charge on any atom is -0.505 e. The average molecular weight is 255 g/mol. The minimum absolute atomic E-state index is 0.281. The molecule has 0 aromatic heterocycles. The number of rotatable bonds is 3. The van der Waals surface area contributed by atoms with E-state index in [1.807, 2.05) is 0 Å². The normalized spacial score (nSPS) is 16.6. The van der Waals surface area contributed by atoms with E-state index in [9.17, 15) is 18.7 Å². The van der Waals surface area contributed by atoms with Crippen molar-refractivity contribution < 1.29 is 23.4 Å². The fourth-order valence-electron chi connectivity index (χ4n) is 2.17. The zero-order valence-electron chi connectivity index (χ0n) is 9.67. The van der Waals surface area contributed by atoms with Crippen molar-refractivity contribution in [2.75, 3.05) is 7.11 Å². The number of benzene rings is 1. The largest absolute Gasteiger partial charge is 0.505 e. The maximum atomic E-state index is 14.1. The predicted octanol–water partition coefficient (Wildman–Crippen LogP) is 2.39. The molecule has 0 radical (unpaired) electrons. The average Bonchev–Trinajstić information content (AvgIpc) is 2.30. The minimum atomic E-state index is -1.26. The topological polar surface area (TPSA) is 58.9 Å². The van der Waals surface area contributed by atoms with Crippen molar-refractivity contribution in [1.29, 1.82) is 0 Å². The maximum absolute atomic E-state index is 14.1. The Morgan fingerprint density at radius 1 is 1.44 bits per heavy atom. The third-order valence-electron chi connectivity index (χ3n) is 3.27. The molecule has 1 aromatic rings. The number of halogens is 2. The molecule has 1 aromatic carbocycles. The van der Waals surface area contributed by atoms with E-state index in [1.54, 1.807) is 0 Å². The first-order valence-electron chi connectivity index (χ1n) is 5.40. The fraction of sp³-hybridized carbons (Fsp3) is 0.417. The van der Waals surface area contributed by atoms with Crippen LogP contribution in [0.5, 0.6) is 11.5 Å². The fourth-order valence-corrected chi connectivity index (χ4v) is 2.17. The Kier molecular flexibility index (Phi) is 3.05. The Morgan fingerprint density at radius 3 is 2.56 bits per heavy atom. The van der Waals surface area contributed by atoms with Gasteiger partial charge in [-0.3, -0.25) is 0 Å². The quantitative estimate of drug-likeness (QED) is 0.666. The third-order valence-corrected chi connectivity index (χ3v) is 3.27. The molecule has 0 atom stereocenters. The summed E-state index contributed by atoms with van der Waals surface area (Å²) in [6, 6.07) is 0.852. The van der Waals surface area contributed by atoms with E-state index in [0.29, 0.717) is 19.3 Å². The summed E-state index contributed by atoms with van der Waals surface area (Å²) in [5.41, 5.74) is -1.68. The third kappa shape index (κ3) is 1.66. The molecule has 96 valence electrons. The molecule has 1 saturated carbocycles. The van der Waals surface area contributed by atoms with Crippen LogP contribution in [0, 0.1) is 11.6 Å². The lowest BCUT2D eigenvalue weighted by Crippen LogP contribution is -2.34. The zero-order chi connectivity index (χ0) is 13.3. The molecule has 6 heteroatoms. The van der Waals surface area contributed by atoms with Gasteiger partial charge in [-0.15, -0.1) is 0 Å². The number of ether oxygens (including phenoxy) is 1. The molecule has 1 N–H and O–H groups in total. The van der Waals surface area contributed by atoms with Crippen LogP contribution < -0.4 is 4.74 Å². The number of hydrogen-bond acceptors (Lipinski definition) is 4. The second kappa shape index (κ2) is 4.38. The van der Waals surface area contributed by atoms with Gasteiger partial charge in [0, 0.05) is 6.07 Å². The van der Waals surface area contributed by atoms with Gasteiger partial charge in [0.2, 0.25) is 6.08 Å². The van der Waals surface area contributed by atoms with Crippen molar-refractivity contribution in [2.45, 2.75) is 24.8 Å². The van der Waals surface area contributed by atoms with Crippen molar-refractivity contribution in [3.05, 3.63) is 23.3 Å². The van der Waals surface area contributed by atoms with Crippen LogP contribution in [0.3, 0.4) is 0 Å². The molecule has 0 bridgehead atoms. The summed E-state index contributed by atoms with van der Waals surface area (Å²) in [6.07, 6.45) is 2.71. The Hall–Kier alpha value is -1.94. The van der Waals surface area contributed by atoms with Crippen LogP contribution >= 0.6 is 0 Å². The summed E-state index contributed by atoms with van der Waals surface area (Å²) in [7, 11) is 1.20. The van der Waals surface area contributed by atoms with E-state index in [2.05, 4.69) is 4.99 Å². The Labute approximate surface area is 102 Å². The molecule has 1 aliphatic rings. The van der Waals surface area contributed by atoms with Crippen LogP contribution in [0.15, 0.2) is 11.1 Å². The molecule has 2 rings (SSSR count). The van der Waals surface area contributed by atoms with E-state index in [1.165, 1.54) is 13.2 Å². The SMILES string of the molecule is COc1cc(O)c(F)c(C2(N=C=O)CCC2)c1F. The first kappa shape index (κ1) is 12.5. The van der Waals surface area contributed by atoms with E-state index in [4.69, 9.17) is 4.74 Å². The summed E-state index contributed by atoms with van der Waals surface area (Å²) in [5.74, 6) is -3.05. The van der Waals surface area contributed by atoms with Crippen LogP contribution in [0.1, 0.15) is 24.8 Å². The Bertz CT molecular complexity index is 535. The zero-order valence-corrected chi connectivity index (χ0v) is 9.67. The van der Waals surface area contributed by atoms with Gasteiger partial charge >= 0.3 is 0 Å². The molecule has 1 aliphatic carbocycles. The number of carbonyl (C=O) groups excluding carboxylic acids is 1. The van der Waals surface area contributed by atoms with Crippen molar-refractivity contribution in [2.24, 2.45) is 4.99 Å². The van der Waals surface area contributed by atoms with Gasteiger partial charge in [0.1, 0.15) is 5.54 Å². The van der Waals surface area contributed by atoms with Crippen molar-refractivity contribution in [3.8, 4) is 11.5 Å². The number of phenolic OH excluding ortho intramolecular Hbond substituents is 1. The summed E-state index contributed by atoms with van der Waals surface area (Å²) < 4.78 is 32.7. The Balaban J connectivity index is 2.69. The van der Waals surface area contributed by atoms with Gasteiger partial charge in [-0.05, 0) is 19.3 Å². The highest BCUT2D eigenvalue weighted by atomic mass is 19.1. The lowest BCUT2D eigenvalue weighted by atomic mass is 9.72. The van der Waals surface area contributed by atoms with Crippen LogP contribution in [0.25, 0.3) is 0 Å². The predicted molar refractivity (Wildman–Crippen MR) is 58.2 cm³/mol. The highest BCUT2D eigenvalue weighted by molar-refractivity contribution is 5.47. The first-order valence-corrected chi connectivity index (χ1v) is 5.40. The number of aliphatic imine (C=N–C) groups is 1. The molecule has 4 nitrogen and oxygen atoms in total. The van der Waals surface area contributed by atoms with Gasteiger partial charge in [-0.25, -0.2) is 13.6 Å². The smallest absolute Gasteiger partial charge is 0.235 e. The van der Waals surface area contributed by atoms with Gasteiger partial charge in [0.05, 0.1) is 12.7 Å². The summed E-state index contributed by atoms with van der Waals surface area (Å²) in [5, 5.41) is 9.43. The molecular weight excluding hydrogens is 244 g/mol. The van der Waals surface area contributed by atoms with Gasteiger partial charge < -0.3 is 9.84 Å². The summed E-state index contributed by atoms with van der Waals surface area (Å²) in [6.45, 7) is 0. The van der Waals surface area contributed by atoms with Gasteiger partial charge in [0.25, 0.3) is 0 Å². The second-order valence-electron chi connectivity index (χ2n) is 4.19. The second-order valence-corrected chi connectivity index (χ2v) is 4.19. The molecule has 0 aliphatic heterocycles. The van der Waals surface area contributed by atoms with E-state index in [-0.39, 0.29) is 5.75 Å². The lowest BCUT2D eigenvalue weighted by molar-refractivity contribution is 0.231. The first-order chi connectivity index (χ1) is 8.55. The van der Waals surface area contributed by atoms with Gasteiger partial charge in [-0.1, -0.05) is 0 Å². The van der Waals surface area contributed by atoms with Crippen LogP contribution in [-0.2, 0) is 10.3 Å². The van der Waals surface area contributed by atoms with Crippen molar-refractivity contribution in [1.82, 2.24) is 0 Å². The number of hydrogen-bond donors (Lipinski definition) is 1. The van der Waals surface area contributed by atoms with E-state index >= 15 is 0 Å². The number of methoxy groups -OCH3 is 1. The lowest BCUT2D eigenvalue weighted by Gasteiger charge is -2.37. The molecule has 0 amide bonds. The molecule has 0 heterocycles. The monoisotopic (exact) mass is 255 g/mol. The van der Waals surface area contributed by atoms with Crippen molar-refractivity contribution in [3.63, 3.8) is 0 Å². The summed E-state index contributed by atoms with van der Waals surface area (Å²) >= 11 is 0. The number of nitrogens with zero attached hydrogens (tertiary/aromatic N) is 1. The number of aromatic hydroxyl groups is 1. The van der Waals surface area contributed by atoms with Crippen molar-refractivity contribution >= 4 is 6.08 Å². The van der Waals surface area contributed by atoms with Gasteiger partial charge in [0.15, 0.2) is 23.1 Å². The standard InChI is InChI=1S/C12H11F2NO3/c1-18-8-5-7(17)10(13)9(11(8)14)12(15-6-16)3-2-4-12/h5,17H,2-4H2,1H3. The highest BCUT2D eigenvalue weighted by Crippen LogP contribution is 2.49. The molecule has 0 saturated heterocycles. The number of phenols is 1. The number of isocyanates is 1. The molecule has 0 unspecified atom stereocenters. The van der Waals surface area contributed by atoms with Gasteiger partial charge in [-0.2, -0.15) is 4.99 Å². The molecule has 0 spiro atoms. The highest BCUT2D eigenvalue weighted by Gasteiger charge is 2.44. The Morgan fingerprint density at radius 2 is 2.11 bits per heavy atom. The van der Waals surface area contributed by atoms with E-state index in [0.717, 1.165) is 6.07 Å². The van der Waals surface area contributed by atoms with E-state index < -0.39 is 28.5 Å². The molecule has 1 fully saturated rings. The maximum Gasteiger partial charge on any atom is 0.235 e. The van der Waals surface area contributed by atoms with Crippen LogP contribution in [0.2, 0.25) is 0 Å². The summed E-state index contributed by atoms with van der Waals surface area (Å²) in [4.78, 5) is 13.9. The van der Waals surface area contributed by atoms with Crippen LogP contribution in [0.4, 0.5) is 8.78 Å².